The third-order valence-corrected chi connectivity index (χ3v) is 5.76. The molecule has 0 aliphatic carbocycles. The van der Waals surface area contributed by atoms with Gasteiger partial charge in [-0.1, -0.05) is 0 Å². The van der Waals surface area contributed by atoms with E-state index in [-0.39, 0.29) is 22.8 Å². The van der Waals surface area contributed by atoms with Gasteiger partial charge in [0.15, 0.2) is 0 Å². The van der Waals surface area contributed by atoms with Gasteiger partial charge in [0, 0.05) is 26.2 Å². The summed E-state index contributed by atoms with van der Waals surface area (Å²) < 4.78 is 7.04. The fraction of sp³-hybridized carbons (Fsp3) is 0.381. The molecule has 4 rings (SSSR count). The van der Waals surface area contributed by atoms with E-state index in [0.29, 0.717) is 47.8 Å². The molecule has 32 heavy (non-hydrogen) atoms. The number of amides is 1. The van der Waals surface area contributed by atoms with Crippen molar-refractivity contribution in [2.24, 2.45) is 0 Å². The molecule has 2 aromatic heterocycles. The highest BCUT2D eigenvalue weighted by atomic mass is 79.9. The molecule has 0 atom stereocenters. The highest BCUT2D eigenvalue weighted by Crippen LogP contribution is 2.29. The van der Waals surface area contributed by atoms with Crippen LogP contribution in [0.3, 0.4) is 0 Å². The van der Waals surface area contributed by atoms with Gasteiger partial charge in [-0.3, -0.25) is 9.36 Å². The van der Waals surface area contributed by atoms with Crippen molar-refractivity contribution in [3.63, 3.8) is 0 Å². The van der Waals surface area contributed by atoms with Crippen LogP contribution >= 0.6 is 15.9 Å². The van der Waals surface area contributed by atoms with E-state index in [0.717, 1.165) is 0 Å². The van der Waals surface area contributed by atoms with Crippen LogP contribution in [0, 0.1) is 0 Å². The number of benzene rings is 1. The second-order valence-corrected chi connectivity index (χ2v) is 9.20. The number of carbonyl (C=O) groups excluding carboxylic acids is 1. The predicted molar refractivity (Wildman–Crippen MR) is 122 cm³/mol. The number of anilines is 1. The van der Waals surface area contributed by atoms with Gasteiger partial charge in [0.1, 0.15) is 17.7 Å². The van der Waals surface area contributed by atoms with E-state index in [2.05, 4.69) is 30.9 Å². The third-order valence-electron chi connectivity index (χ3n) is 4.96. The van der Waals surface area contributed by atoms with Crippen molar-refractivity contribution < 1.29 is 14.6 Å². The zero-order valence-corrected chi connectivity index (χ0v) is 19.5. The Morgan fingerprint density at radius 2 is 1.75 bits per heavy atom. The second-order valence-electron chi connectivity index (χ2n) is 8.41. The Kier molecular flexibility index (Phi) is 5.76. The monoisotopic (exact) mass is 502 g/mol. The number of hydrogen-bond acceptors (Lipinski definition) is 8. The predicted octanol–water partition coefficient (Wildman–Crippen LogP) is 2.70. The molecular formula is C21H23BrN6O4. The molecule has 0 saturated carbocycles. The van der Waals surface area contributed by atoms with Crippen LogP contribution in [0.1, 0.15) is 20.8 Å². The van der Waals surface area contributed by atoms with E-state index in [1.807, 2.05) is 25.7 Å². The number of phenols is 1. The van der Waals surface area contributed by atoms with Crippen molar-refractivity contribution in [2.45, 2.75) is 26.4 Å². The van der Waals surface area contributed by atoms with Crippen LogP contribution in [0.4, 0.5) is 10.7 Å². The fourth-order valence-corrected chi connectivity index (χ4v) is 3.87. The molecule has 0 spiro atoms. The van der Waals surface area contributed by atoms with Crippen molar-refractivity contribution >= 4 is 38.9 Å². The zero-order valence-electron chi connectivity index (χ0n) is 17.9. The number of aromatic nitrogens is 4. The summed E-state index contributed by atoms with van der Waals surface area (Å²) in [6.45, 7) is 7.68. The van der Waals surface area contributed by atoms with E-state index in [1.54, 1.807) is 23.4 Å². The molecule has 3 heterocycles. The van der Waals surface area contributed by atoms with E-state index < -0.39 is 5.60 Å². The van der Waals surface area contributed by atoms with Crippen LogP contribution in [0.2, 0.25) is 0 Å². The lowest BCUT2D eigenvalue weighted by atomic mass is 10.2. The minimum atomic E-state index is -0.531. The third kappa shape index (κ3) is 4.38. The molecule has 0 bridgehead atoms. The normalized spacial score (nSPS) is 14.6. The minimum absolute atomic E-state index is 0.0359. The highest BCUT2D eigenvalue weighted by molar-refractivity contribution is 9.10. The molecule has 1 aliphatic heterocycles. The largest absolute Gasteiger partial charge is 0.507 e. The van der Waals surface area contributed by atoms with Gasteiger partial charge in [-0.05, 0) is 48.8 Å². The van der Waals surface area contributed by atoms with Gasteiger partial charge >= 0.3 is 6.09 Å². The molecule has 168 valence electrons. The van der Waals surface area contributed by atoms with Crippen molar-refractivity contribution in [3.8, 4) is 11.4 Å². The summed E-state index contributed by atoms with van der Waals surface area (Å²) >= 11 is 3.25. The summed E-state index contributed by atoms with van der Waals surface area (Å²) in [7, 11) is 0. The van der Waals surface area contributed by atoms with Crippen LogP contribution in [0.15, 0.2) is 40.1 Å². The van der Waals surface area contributed by atoms with Crippen molar-refractivity contribution in [2.75, 3.05) is 31.1 Å². The van der Waals surface area contributed by atoms with Gasteiger partial charge in [0.05, 0.1) is 33.5 Å². The van der Waals surface area contributed by atoms with Crippen molar-refractivity contribution in [1.29, 1.82) is 0 Å². The van der Waals surface area contributed by atoms with E-state index in [9.17, 15) is 14.7 Å². The topological polar surface area (TPSA) is 114 Å². The number of aromatic hydroxyl groups is 1. The fourth-order valence-electron chi connectivity index (χ4n) is 3.36. The molecule has 3 aromatic rings. The van der Waals surface area contributed by atoms with Gasteiger partial charge in [0.2, 0.25) is 5.95 Å². The van der Waals surface area contributed by atoms with Gasteiger partial charge in [-0.2, -0.15) is 0 Å². The van der Waals surface area contributed by atoms with Gasteiger partial charge in [0.25, 0.3) is 5.56 Å². The van der Waals surface area contributed by atoms with Crippen LogP contribution < -0.4 is 10.5 Å². The SMILES string of the molecule is CC(C)(C)OC(=O)N1CCN(c2ncc(-n3cnc4ccc(O)c(Br)c4c3=O)cn2)CC1. The molecular weight excluding hydrogens is 480 g/mol. The molecule has 1 amide bonds. The van der Waals surface area contributed by atoms with Crippen LogP contribution in [-0.2, 0) is 4.74 Å². The number of rotatable bonds is 2. The van der Waals surface area contributed by atoms with Gasteiger partial charge in [-0.15, -0.1) is 0 Å². The number of ether oxygens (including phenoxy) is 1. The zero-order chi connectivity index (χ0) is 23.0. The summed E-state index contributed by atoms with van der Waals surface area (Å²) in [4.78, 5) is 41.9. The maximum absolute atomic E-state index is 13.0. The molecule has 0 unspecified atom stereocenters. The molecule has 11 heteroatoms. The Hall–Kier alpha value is -3.21. The molecule has 0 radical (unpaired) electrons. The Bertz CT molecular complexity index is 1210. The number of nitrogens with zero attached hydrogens (tertiary/aromatic N) is 6. The maximum atomic E-state index is 13.0. The van der Waals surface area contributed by atoms with E-state index in [1.165, 1.54) is 17.0 Å². The number of hydrogen-bond donors (Lipinski definition) is 1. The molecule has 1 N–H and O–H groups in total. The Balaban J connectivity index is 1.50. The standard InChI is InChI=1S/C21H23BrN6O4/c1-21(2,3)32-20(31)27-8-6-26(7-9-27)19-23-10-13(11-24-19)28-12-25-14-4-5-15(29)17(22)16(14)18(28)30/h4-5,10-12,29H,6-9H2,1-3H3. The number of halogens is 1. The Morgan fingerprint density at radius 3 is 2.38 bits per heavy atom. The summed E-state index contributed by atoms with van der Waals surface area (Å²) in [5, 5.41) is 10.2. The Labute approximate surface area is 192 Å². The van der Waals surface area contributed by atoms with Crippen molar-refractivity contribution in [1.82, 2.24) is 24.4 Å². The molecule has 10 nitrogen and oxygen atoms in total. The number of phenolic OH excluding ortho intramolecular Hbond substituents is 1. The molecule has 1 aliphatic rings. The molecule has 1 fully saturated rings. The summed E-state index contributed by atoms with van der Waals surface area (Å²) in [6, 6.07) is 3.06. The number of piperazine rings is 1. The summed E-state index contributed by atoms with van der Waals surface area (Å²) in [5.41, 5.74) is 0.0456. The minimum Gasteiger partial charge on any atom is -0.507 e. The number of carbonyl (C=O) groups is 1. The van der Waals surface area contributed by atoms with E-state index in [4.69, 9.17) is 4.74 Å². The van der Waals surface area contributed by atoms with E-state index >= 15 is 0 Å². The van der Waals surface area contributed by atoms with Crippen LogP contribution in [-0.4, -0.2) is 67.4 Å². The van der Waals surface area contributed by atoms with Crippen molar-refractivity contribution in [3.05, 3.63) is 45.7 Å². The molecule has 1 aromatic carbocycles. The average Bonchev–Trinajstić information content (AvgIpc) is 2.75. The first kappa shape index (κ1) is 22.0. The smallest absolute Gasteiger partial charge is 0.410 e. The first-order valence-electron chi connectivity index (χ1n) is 10.1. The number of fused-ring (bicyclic) bond motifs is 1. The quantitative estimate of drug-likeness (QED) is 0.568. The van der Waals surface area contributed by atoms with Crippen LogP contribution in [0.25, 0.3) is 16.6 Å². The lowest BCUT2D eigenvalue weighted by molar-refractivity contribution is 0.0240. The van der Waals surface area contributed by atoms with Gasteiger partial charge in [-0.25, -0.2) is 19.7 Å². The van der Waals surface area contributed by atoms with Gasteiger partial charge < -0.3 is 19.6 Å². The summed E-state index contributed by atoms with van der Waals surface area (Å²) in [5.74, 6) is 0.476. The summed E-state index contributed by atoms with van der Waals surface area (Å²) in [6.07, 6.45) is 4.18. The second kappa shape index (κ2) is 8.38. The van der Waals surface area contributed by atoms with Crippen LogP contribution in [0.5, 0.6) is 5.75 Å². The maximum Gasteiger partial charge on any atom is 0.410 e. The highest BCUT2D eigenvalue weighted by Gasteiger charge is 2.26. The molecule has 1 saturated heterocycles. The first-order chi connectivity index (χ1) is 15.1. The lowest BCUT2D eigenvalue weighted by Gasteiger charge is -2.35. The lowest BCUT2D eigenvalue weighted by Crippen LogP contribution is -2.50. The Morgan fingerprint density at radius 1 is 1.09 bits per heavy atom. The average molecular weight is 503 g/mol. The first-order valence-corrected chi connectivity index (χ1v) is 10.9.